The summed E-state index contributed by atoms with van der Waals surface area (Å²) in [6.45, 7) is 1.60. The van der Waals surface area contributed by atoms with Gasteiger partial charge in [-0.2, -0.15) is 0 Å². The Balaban J connectivity index is 1.69. The standard InChI is InChI=1S/C19H25ClN2O6S/c1-27-19(24)13-6-8-22(9-7-13)18(23)14-4-5-16(20)17(11-14)29(25,26)21-12-15-3-2-10-28-15/h4-5,11,13,15,21H,2-3,6-10,12H2,1H3. The fourth-order valence-corrected chi connectivity index (χ4v) is 5.19. The van der Waals surface area contributed by atoms with E-state index in [1.165, 1.54) is 25.3 Å². The van der Waals surface area contributed by atoms with E-state index in [9.17, 15) is 18.0 Å². The maximum atomic E-state index is 12.8. The van der Waals surface area contributed by atoms with Gasteiger partial charge in [0, 0.05) is 31.8 Å². The van der Waals surface area contributed by atoms with E-state index >= 15 is 0 Å². The van der Waals surface area contributed by atoms with Gasteiger partial charge in [-0.05, 0) is 43.9 Å². The van der Waals surface area contributed by atoms with Crippen LogP contribution >= 0.6 is 11.6 Å². The van der Waals surface area contributed by atoms with Crippen LogP contribution in [0, 0.1) is 5.92 Å². The molecular weight excluding hydrogens is 420 g/mol. The summed E-state index contributed by atoms with van der Waals surface area (Å²) in [4.78, 5) is 26.0. The second-order valence-corrected chi connectivity index (χ2v) is 9.36. The Bertz CT molecular complexity index is 861. The number of likely N-dealkylation sites (tertiary alicyclic amines) is 1. The molecule has 2 aliphatic rings. The fourth-order valence-electron chi connectivity index (χ4n) is 3.60. The molecule has 2 heterocycles. The van der Waals surface area contributed by atoms with Crippen molar-refractivity contribution in [2.45, 2.75) is 36.7 Å². The number of hydrogen-bond acceptors (Lipinski definition) is 6. The van der Waals surface area contributed by atoms with Gasteiger partial charge < -0.3 is 14.4 Å². The monoisotopic (exact) mass is 444 g/mol. The molecule has 10 heteroatoms. The molecule has 1 aromatic rings. The van der Waals surface area contributed by atoms with E-state index in [1.807, 2.05) is 0 Å². The average Bonchev–Trinajstić information content (AvgIpc) is 3.25. The molecule has 0 aromatic heterocycles. The lowest BCUT2D eigenvalue weighted by Gasteiger charge is -2.30. The van der Waals surface area contributed by atoms with Crippen LogP contribution in [0.5, 0.6) is 0 Å². The highest BCUT2D eigenvalue weighted by atomic mass is 35.5. The molecule has 2 aliphatic heterocycles. The number of esters is 1. The largest absolute Gasteiger partial charge is 0.469 e. The minimum absolute atomic E-state index is 0.0470. The van der Waals surface area contributed by atoms with Crippen molar-refractivity contribution in [1.82, 2.24) is 9.62 Å². The van der Waals surface area contributed by atoms with Crippen LogP contribution in [0.2, 0.25) is 5.02 Å². The van der Waals surface area contributed by atoms with Crippen LogP contribution in [-0.4, -0.2) is 64.6 Å². The Morgan fingerprint density at radius 1 is 1.28 bits per heavy atom. The van der Waals surface area contributed by atoms with E-state index in [-0.39, 0.29) is 45.9 Å². The number of ether oxygens (including phenoxy) is 2. The zero-order chi connectivity index (χ0) is 21.0. The number of piperidine rings is 1. The van der Waals surface area contributed by atoms with Gasteiger partial charge >= 0.3 is 5.97 Å². The summed E-state index contributed by atoms with van der Waals surface area (Å²) >= 11 is 6.11. The molecule has 1 atom stereocenters. The summed E-state index contributed by atoms with van der Waals surface area (Å²) in [5.74, 6) is -0.776. The molecule has 0 saturated carbocycles. The first kappa shape index (κ1) is 22.0. The van der Waals surface area contributed by atoms with Crippen LogP contribution in [0.25, 0.3) is 0 Å². The molecule has 160 valence electrons. The van der Waals surface area contributed by atoms with Crippen LogP contribution in [0.15, 0.2) is 23.1 Å². The van der Waals surface area contributed by atoms with Gasteiger partial charge in [-0.3, -0.25) is 9.59 Å². The Labute approximate surface area is 175 Å². The average molecular weight is 445 g/mol. The molecule has 8 nitrogen and oxygen atoms in total. The van der Waals surface area contributed by atoms with Gasteiger partial charge in [-0.1, -0.05) is 11.6 Å². The van der Waals surface area contributed by atoms with Crippen LogP contribution in [-0.2, 0) is 24.3 Å². The first-order valence-corrected chi connectivity index (χ1v) is 11.5. The lowest BCUT2D eigenvalue weighted by atomic mass is 9.96. The molecule has 0 radical (unpaired) electrons. The number of nitrogens with one attached hydrogen (secondary N) is 1. The number of benzene rings is 1. The summed E-state index contributed by atoms with van der Waals surface area (Å²) in [6, 6.07) is 4.22. The topological polar surface area (TPSA) is 102 Å². The number of carbonyl (C=O) groups is 2. The van der Waals surface area contributed by atoms with Crippen LogP contribution in [0.3, 0.4) is 0 Å². The summed E-state index contributed by atoms with van der Waals surface area (Å²) in [7, 11) is -2.53. The summed E-state index contributed by atoms with van der Waals surface area (Å²) < 4.78 is 38.1. The van der Waals surface area contributed by atoms with E-state index in [1.54, 1.807) is 4.90 Å². The molecule has 1 N–H and O–H groups in total. The van der Waals surface area contributed by atoms with Crippen molar-refractivity contribution in [2.75, 3.05) is 33.4 Å². The third kappa shape index (κ3) is 5.28. The zero-order valence-corrected chi connectivity index (χ0v) is 17.8. The molecule has 3 rings (SSSR count). The van der Waals surface area contributed by atoms with Crippen LogP contribution < -0.4 is 4.72 Å². The molecule has 29 heavy (non-hydrogen) atoms. The molecule has 0 aliphatic carbocycles. The molecule has 1 unspecified atom stereocenters. The number of methoxy groups -OCH3 is 1. The molecular formula is C19H25ClN2O6S. The Morgan fingerprint density at radius 3 is 2.62 bits per heavy atom. The SMILES string of the molecule is COC(=O)C1CCN(C(=O)c2ccc(Cl)c(S(=O)(=O)NCC3CCCO3)c2)CC1. The second kappa shape index (κ2) is 9.42. The zero-order valence-electron chi connectivity index (χ0n) is 16.2. The van der Waals surface area contributed by atoms with Crippen LogP contribution in [0.1, 0.15) is 36.0 Å². The number of amides is 1. The Kier molecular flexibility index (Phi) is 7.15. The van der Waals surface area contributed by atoms with Crippen molar-refractivity contribution in [2.24, 2.45) is 5.92 Å². The predicted molar refractivity (Wildman–Crippen MR) is 106 cm³/mol. The third-order valence-corrected chi connectivity index (χ3v) is 7.21. The van der Waals surface area contributed by atoms with E-state index in [0.29, 0.717) is 32.5 Å². The minimum atomic E-state index is -3.88. The number of hydrogen-bond donors (Lipinski definition) is 1. The normalized spacial score (nSPS) is 20.6. The van der Waals surface area contributed by atoms with Gasteiger partial charge in [0.2, 0.25) is 10.0 Å². The number of sulfonamides is 1. The number of nitrogens with zero attached hydrogens (tertiary/aromatic N) is 1. The highest BCUT2D eigenvalue weighted by molar-refractivity contribution is 7.89. The molecule has 2 saturated heterocycles. The molecule has 2 fully saturated rings. The molecule has 0 spiro atoms. The van der Waals surface area contributed by atoms with Crippen molar-refractivity contribution in [1.29, 1.82) is 0 Å². The van der Waals surface area contributed by atoms with Crippen LogP contribution in [0.4, 0.5) is 0 Å². The van der Waals surface area contributed by atoms with Gasteiger partial charge in [-0.15, -0.1) is 0 Å². The van der Waals surface area contributed by atoms with Gasteiger partial charge in [-0.25, -0.2) is 13.1 Å². The molecule has 1 amide bonds. The second-order valence-electron chi connectivity index (χ2n) is 7.22. The minimum Gasteiger partial charge on any atom is -0.469 e. The third-order valence-electron chi connectivity index (χ3n) is 5.31. The van der Waals surface area contributed by atoms with Crippen molar-refractivity contribution in [3.63, 3.8) is 0 Å². The number of rotatable bonds is 6. The highest BCUT2D eigenvalue weighted by Crippen LogP contribution is 2.25. The fraction of sp³-hybridized carbons (Fsp3) is 0.579. The van der Waals surface area contributed by atoms with E-state index in [4.69, 9.17) is 21.1 Å². The lowest BCUT2D eigenvalue weighted by molar-refractivity contribution is -0.146. The smallest absolute Gasteiger partial charge is 0.308 e. The van der Waals surface area contributed by atoms with Gasteiger partial charge in [0.05, 0.1) is 24.2 Å². The summed E-state index contributed by atoms with van der Waals surface area (Å²) in [5.41, 5.74) is 0.239. The van der Waals surface area contributed by atoms with Gasteiger partial charge in [0.15, 0.2) is 0 Å². The summed E-state index contributed by atoms with van der Waals surface area (Å²) in [5, 5.41) is 0.0470. The van der Waals surface area contributed by atoms with Crippen molar-refractivity contribution >= 4 is 33.5 Å². The lowest BCUT2D eigenvalue weighted by Crippen LogP contribution is -2.40. The van der Waals surface area contributed by atoms with E-state index < -0.39 is 10.0 Å². The first-order chi connectivity index (χ1) is 13.8. The highest BCUT2D eigenvalue weighted by Gasteiger charge is 2.29. The Hall–Kier alpha value is -1.68. The predicted octanol–water partition coefficient (Wildman–Crippen LogP) is 1.82. The molecule has 1 aromatic carbocycles. The maximum absolute atomic E-state index is 12.8. The summed E-state index contributed by atoms with van der Waals surface area (Å²) in [6.07, 6.45) is 2.59. The van der Waals surface area contributed by atoms with Crippen molar-refractivity contribution in [3.8, 4) is 0 Å². The van der Waals surface area contributed by atoms with Gasteiger partial charge in [0.25, 0.3) is 5.91 Å². The number of carbonyl (C=O) groups excluding carboxylic acids is 2. The van der Waals surface area contributed by atoms with Crippen molar-refractivity contribution < 1.29 is 27.5 Å². The first-order valence-electron chi connectivity index (χ1n) is 9.59. The maximum Gasteiger partial charge on any atom is 0.308 e. The molecule has 0 bridgehead atoms. The van der Waals surface area contributed by atoms with E-state index in [2.05, 4.69) is 4.72 Å². The van der Waals surface area contributed by atoms with E-state index in [0.717, 1.165) is 12.8 Å². The Morgan fingerprint density at radius 2 is 2.00 bits per heavy atom. The van der Waals surface area contributed by atoms with Gasteiger partial charge in [0.1, 0.15) is 4.90 Å². The quantitative estimate of drug-likeness (QED) is 0.671. The number of halogens is 1. The van der Waals surface area contributed by atoms with Crippen molar-refractivity contribution in [3.05, 3.63) is 28.8 Å².